The quantitative estimate of drug-likeness (QED) is 0.796. The molecule has 2 N–H and O–H groups in total. The van der Waals surface area contributed by atoms with Gasteiger partial charge in [-0.1, -0.05) is 45.0 Å². The van der Waals surface area contributed by atoms with E-state index in [1.54, 1.807) is 7.11 Å². The molecule has 3 heteroatoms. The number of aliphatic hydroxyl groups is 1. The van der Waals surface area contributed by atoms with Crippen LogP contribution in [-0.2, 0) is 17.9 Å². The first-order valence-corrected chi connectivity index (χ1v) is 6.88. The fraction of sp³-hybridized carbons (Fsp3) is 0.625. The number of aliphatic hydroxyl groups excluding tert-OH is 1. The summed E-state index contributed by atoms with van der Waals surface area (Å²) in [6.45, 7) is 8.27. The number of ether oxygens (including phenoxy) is 1. The van der Waals surface area contributed by atoms with Gasteiger partial charge in [-0.15, -0.1) is 0 Å². The molecule has 108 valence electrons. The molecule has 0 radical (unpaired) electrons. The normalized spacial score (nSPS) is 13.5. The number of hydrogen-bond donors (Lipinski definition) is 2. The van der Waals surface area contributed by atoms with Crippen molar-refractivity contribution in [1.82, 2.24) is 5.32 Å². The lowest BCUT2D eigenvalue weighted by molar-refractivity contribution is 0.184. The third-order valence-electron chi connectivity index (χ3n) is 3.32. The van der Waals surface area contributed by atoms with Crippen LogP contribution in [0.15, 0.2) is 24.3 Å². The number of rotatable bonds is 7. The zero-order chi connectivity index (χ0) is 14.3. The maximum atomic E-state index is 9.15. The summed E-state index contributed by atoms with van der Waals surface area (Å²) in [5, 5.41) is 12.7. The molecule has 3 nitrogen and oxygen atoms in total. The Kier molecular flexibility index (Phi) is 6.49. The second-order valence-corrected chi connectivity index (χ2v) is 6.06. The molecule has 0 spiro atoms. The van der Waals surface area contributed by atoms with Crippen LogP contribution < -0.4 is 5.32 Å². The van der Waals surface area contributed by atoms with E-state index in [0.717, 1.165) is 13.0 Å². The van der Waals surface area contributed by atoms with Gasteiger partial charge in [-0.2, -0.15) is 0 Å². The summed E-state index contributed by atoms with van der Waals surface area (Å²) in [5.74, 6) is 0. The molecular formula is C16H27NO2. The van der Waals surface area contributed by atoms with Crippen LogP contribution in [0.4, 0.5) is 0 Å². The molecule has 0 aromatic heterocycles. The van der Waals surface area contributed by atoms with Gasteiger partial charge in [0.05, 0.1) is 6.61 Å². The monoisotopic (exact) mass is 265 g/mol. The van der Waals surface area contributed by atoms with E-state index in [9.17, 15) is 0 Å². The van der Waals surface area contributed by atoms with Crippen molar-refractivity contribution in [2.45, 2.75) is 46.4 Å². The van der Waals surface area contributed by atoms with Gasteiger partial charge in [-0.25, -0.2) is 0 Å². The Hall–Kier alpha value is -0.900. The lowest BCUT2D eigenvalue weighted by atomic mass is 9.85. The first-order chi connectivity index (χ1) is 8.97. The van der Waals surface area contributed by atoms with E-state index in [1.807, 2.05) is 0 Å². The highest BCUT2D eigenvalue weighted by molar-refractivity contribution is 5.23. The zero-order valence-corrected chi connectivity index (χ0v) is 12.6. The van der Waals surface area contributed by atoms with Crippen LogP contribution in [0.2, 0.25) is 0 Å². The van der Waals surface area contributed by atoms with Crippen molar-refractivity contribution in [2.24, 2.45) is 5.41 Å². The van der Waals surface area contributed by atoms with E-state index in [1.165, 1.54) is 11.1 Å². The van der Waals surface area contributed by atoms with Crippen molar-refractivity contribution in [3.8, 4) is 0 Å². The second-order valence-electron chi connectivity index (χ2n) is 6.06. The van der Waals surface area contributed by atoms with Crippen molar-refractivity contribution >= 4 is 0 Å². The molecule has 0 aliphatic carbocycles. The smallest absolute Gasteiger partial charge is 0.0713 e. The molecule has 1 aromatic rings. The first-order valence-electron chi connectivity index (χ1n) is 6.88. The Balaban J connectivity index is 2.61. The average Bonchev–Trinajstić information content (AvgIpc) is 2.34. The summed E-state index contributed by atoms with van der Waals surface area (Å²) in [4.78, 5) is 0. The summed E-state index contributed by atoms with van der Waals surface area (Å²) >= 11 is 0. The standard InChI is InChI=1S/C16H27NO2/c1-16(2,3)15(8-9-18)17-11-13-6-5-7-14(10-13)12-19-4/h5-7,10,15,17-18H,8-9,11-12H2,1-4H3. The van der Waals surface area contributed by atoms with Crippen LogP contribution in [-0.4, -0.2) is 24.9 Å². The van der Waals surface area contributed by atoms with Gasteiger partial charge >= 0.3 is 0 Å². The SMILES string of the molecule is COCc1cccc(CNC(CCO)C(C)(C)C)c1. The van der Waals surface area contributed by atoms with Gasteiger partial charge in [0.2, 0.25) is 0 Å². The van der Waals surface area contributed by atoms with Crippen LogP contribution >= 0.6 is 0 Å². The van der Waals surface area contributed by atoms with Crippen molar-refractivity contribution in [3.05, 3.63) is 35.4 Å². The fourth-order valence-corrected chi connectivity index (χ4v) is 2.21. The number of hydrogen-bond acceptors (Lipinski definition) is 3. The molecule has 0 saturated heterocycles. The minimum absolute atomic E-state index is 0.146. The van der Waals surface area contributed by atoms with E-state index in [0.29, 0.717) is 12.6 Å². The Morgan fingerprint density at radius 2 is 1.95 bits per heavy atom. The maximum Gasteiger partial charge on any atom is 0.0713 e. The minimum atomic E-state index is 0.146. The van der Waals surface area contributed by atoms with Gasteiger partial charge in [0.1, 0.15) is 0 Å². The summed E-state index contributed by atoms with van der Waals surface area (Å²) in [5.41, 5.74) is 2.59. The Morgan fingerprint density at radius 3 is 2.53 bits per heavy atom. The largest absolute Gasteiger partial charge is 0.396 e. The van der Waals surface area contributed by atoms with Crippen LogP contribution in [0.3, 0.4) is 0 Å². The molecule has 0 bridgehead atoms. The van der Waals surface area contributed by atoms with Gasteiger partial charge in [0.25, 0.3) is 0 Å². The second kappa shape index (κ2) is 7.63. The highest BCUT2D eigenvalue weighted by Gasteiger charge is 2.23. The van der Waals surface area contributed by atoms with E-state index in [-0.39, 0.29) is 12.0 Å². The molecular weight excluding hydrogens is 238 g/mol. The van der Waals surface area contributed by atoms with Crippen molar-refractivity contribution in [3.63, 3.8) is 0 Å². The molecule has 1 aromatic carbocycles. The maximum absolute atomic E-state index is 9.15. The molecule has 0 aliphatic heterocycles. The average molecular weight is 265 g/mol. The Bertz CT molecular complexity index is 371. The van der Waals surface area contributed by atoms with Gasteiger partial charge in [-0.05, 0) is 23.0 Å². The topological polar surface area (TPSA) is 41.5 Å². The number of nitrogens with one attached hydrogen (secondary N) is 1. The Labute approximate surface area is 117 Å². The summed E-state index contributed by atoms with van der Waals surface area (Å²) < 4.78 is 5.15. The summed E-state index contributed by atoms with van der Waals surface area (Å²) in [6, 6.07) is 8.72. The highest BCUT2D eigenvalue weighted by Crippen LogP contribution is 2.22. The number of benzene rings is 1. The van der Waals surface area contributed by atoms with E-state index >= 15 is 0 Å². The van der Waals surface area contributed by atoms with E-state index in [4.69, 9.17) is 9.84 Å². The van der Waals surface area contributed by atoms with Crippen molar-refractivity contribution < 1.29 is 9.84 Å². The lowest BCUT2D eigenvalue weighted by Gasteiger charge is -2.31. The molecule has 19 heavy (non-hydrogen) atoms. The zero-order valence-electron chi connectivity index (χ0n) is 12.6. The summed E-state index contributed by atoms with van der Waals surface area (Å²) in [7, 11) is 1.71. The molecule has 1 atom stereocenters. The van der Waals surface area contributed by atoms with Gasteiger partial charge in [0.15, 0.2) is 0 Å². The van der Waals surface area contributed by atoms with Gasteiger partial charge in [-0.3, -0.25) is 0 Å². The minimum Gasteiger partial charge on any atom is -0.396 e. The van der Waals surface area contributed by atoms with Gasteiger partial charge < -0.3 is 15.2 Å². The molecule has 0 heterocycles. The van der Waals surface area contributed by atoms with E-state index < -0.39 is 0 Å². The summed E-state index contributed by atoms with van der Waals surface area (Å²) in [6.07, 6.45) is 0.779. The Morgan fingerprint density at radius 1 is 1.26 bits per heavy atom. The predicted molar refractivity (Wildman–Crippen MR) is 78.9 cm³/mol. The molecule has 0 amide bonds. The molecule has 1 unspecified atom stereocenters. The third kappa shape index (κ3) is 5.72. The van der Waals surface area contributed by atoms with Crippen LogP contribution in [0, 0.1) is 5.41 Å². The van der Waals surface area contributed by atoms with Crippen LogP contribution in [0.1, 0.15) is 38.3 Å². The van der Waals surface area contributed by atoms with Crippen LogP contribution in [0.5, 0.6) is 0 Å². The van der Waals surface area contributed by atoms with Crippen molar-refractivity contribution in [1.29, 1.82) is 0 Å². The molecule has 0 fully saturated rings. The van der Waals surface area contributed by atoms with E-state index in [2.05, 4.69) is 50.4 Å². The predicted octanol–water partition coefficient (Wildman–Crippen LogP) is 2.72. The number of methoxy groups -OCH3 is 1. The first kappa shape index (κ1) is 16.2. The van der Waals surface area contributed by atoms with Gasteiger partial charge in [0, 0.05) is 26.3 Å². The fourth-order valence-electron chi connectivity index (χ4n) is 2.21. The lowest BCUT2D eigenvalue weighted by Crippen LogP contribution is -2.40. The highest BCUT2D eigenvalue weighted by atomic mass is 16.5. The van der Waals surface area contributed by atoms with Crippen molar-refractivity contribution in [2.75, 3.05) is 13.7 Å². The molecule has 1 rings (SSSR count). The van der Waals surface area contributed by atoms with Crippen LogP contribution in [0.25, 0.3) is 0 Å². The molecule has 0 aliphatic rings. The third-order valence-corrected chi connectivity index (χ3v) is 3.32. The molecule has 0 saturated carbocycles.